The smallest absolute Gasteiger partial charge is 0.225 e. The highest BCUT2D eigenvalue weighted by Gasteiger charge is 2.27. The van der Waals surface area contributed by atoms with Crippen molar-refractivity contribution in [2.75, 3.05) is 19.6 Å². The highest BCUT2D eigenvalue weighted by molar-refractivity contribution is 5.81. The predicted octanol–water partition coefficient (Wildman–Crippen LogP) is 2.14. The van der Waals surface area contributed by atoms with Crippen molar-refractivity contribution in [2.45, 2.75) is 39.8 Å². The first-order chi connectivity index (χ1) is 11.5. The molecule has 1 aliphatic rings. The van der Waals surface area contributed by atoms with Gasteiger partial charge in [0.05, 0.1) is 6.54 Å². The van der Waals surface area contributed by atoms with Crippen molar-refractivity contribution >= 4 is 11.9 Å². The molecule has 1 heterocycles. The number of hydrogen-bond acceptors (Lipinski definition) is 2. The van der Waals surface area contributed by atoms with Gasteiger partial charge in [0.25, 0.3) is 0 Å². The van der Waals surface area contributed by atoms with Crippen molar-refractivity contribution in [1.29, 1.82) is 0 Å². The van der Waals surface area contributed by atoms with E-state index in [-0.39, 0.29) is 23.7 Å². The molecule has 5 nitrogen and oxygen atoms in total. The number of amides is 1. The van der Waals surface area contributed by atoms with Crippen LogP contribution in [0.2, 0.25) is 0 Å². The zero-order valence-corrected chi connectivity index (χ0v) is 14.7. The third-order valence-electron chi connectivity index (χ3n) is 4.01. The minimum absolute atomic E-state index is 0.0316. The molecule has 0 spiro atoms. The Bertz CT molecular complexity index is 571. The number of benzene rings is 1. The summed E-state index contributed by atoms with van der Waals surface area (Å²) in [6, 6.07) is 6.57. The molecule has 6 heteroatoms. The van der Waals surface area contributed by atoms with Gasteiger partial charge in [0.15, 0.2) is 5.96 Å². The first-order valence-electron chi connectivity index (χ1n) is 8.57. The molecule has 24 heavy (non-hydrogen) atoms. The summed E-state index contributed by atoms with van der Waals surface area (Å²) in [4.78, 5) is 18.5. The molecule has 0 radical (unpaired) electrons. The molecule has 1 aliphatic heterocycles. The molecule has 1 fully saturated rings. The number of guanidine groups is 1. The van der Waals surface area contributed by atoms with Crippen LogP contribution in [0.15, 0.2) is 29.3 Å². The zero-order valence-electron chi connectivity index (χ0n) is 14.7. The van der Waals surface area contributed by atoms with Gasteiger partial charge in [-0.25, -0.2) is 9.38 Å². The second-order valence-corrected chi connectivity index (χ2v) is 6.39. The lowest BCUT2D eigenvalue weighted by Crippen LogP contribution is -2.45. The van der Waals surface area contributed by atoms with Crippen molar-refractivity contribution in [2.24, 2.45) is 10.9 Å². The molecule has 1 saturated heterocycles. The minimum Gasteiger partial charge on any atom is -0.357 e. The van der Waals surface area contributed by atoms with E-state index in [1.54, 1.807) is 12.1 Å². The van der Waals surface area contributed by atoms with Crippen LogP contribution in [0.25, 0.3) is 0 Å². The summed E-state index contributed by atoms with van der Waals surface area (Å²) in [5.74, 6) is 0.719. The van der Waals surface area contributed by atoms with Crippen LogP contribution in [0.3, 0.4) is 0 Å². The molecule has 0 saturated carbocycles. The van der Waals surface area contributed by atoms with Gasteiger partial charge in [-0.3, -0.25) is 4.79 Å². The van der Waals surface area contributed by atoms with Gasteiger partial charge in [0.1, 0.15) is 5.82 Å². The first kappa shape index (κ1) is 18.2. The third kappa shape index (κ3) is 5.22. The normalized spacial score (nSPS) is 18.1. The topological polar surface area (TPSA) is 56.7 Å². The molecule has 1 unspecified atom stereocenters. The fraction of sp³-hybridized carbons (Fsp3) is 0.556. The highest BCUT2D eigenvalue weighted by atomic mass is 19.1. The Labute approximate surface area is 143 Å². The summed E-state index contributed by atoms with van der Waals surface area (Å²) in [6.45, 7) is 8.60. The Morgan fingerprint density at radius 2 is 2.08 bits per heavy atom. The van der Waals surface area contributed by atoms with Crippen LogP contribution in [0.5, 0.6) is 0 Å². The van der Waals surface area contributed by atoms with Crippen LogP contribution in [-0.2, 0) is 11.3 Å². The zero-order chi connectivity index (χ0) is 17.5. The van der Waals surface area contributed by atoms with Crippen LogP contribution in [-0.4, -0.2) is 42.4 Å². The summed E-state index contributed by atoms with van der Waals surface area (Å²) in [5.41, 5.74) is 0.955. The van der Waals surface area contributed by atoms with Crippen molar-refractivity contribution in [1.82, 2.24) is 15.5 Å². The molecule has 0 aromatic heterocycles. The molecule has 2 rings (SSSR count). The van der Waals surface area contributed by atoms with E-state index in [1.165, 1.54) is 12.1 Å². The summed E-state index contributed by atoms with van der Waals surface area (Å²) in [5, 5.41) is 6.61. The molecule has 1 atom stereocenters. The largest absolute Gasteiger partial charge is 0.357 e. The third-order valence-corrected chi connectivity index (χ3v) is 4.01. The van der Waals surface area contributed by atoms with Crippen molar-refractivity contribution < 1.29 is 9.18 Å². The quantitative estimate of drug-likeness (QED) is 0.641. The molecule has 1 aromatic rings. The average molecular weight is 334 g/mol. The summed E-state index contributed by atoms with van der Waals surface area (Å²) in [6.07, 6.45) is 0.916. The van der Waals surface area contributed by atoms with Gasteiger partial charge in [-0.15, -0.1) is 0 Å². The fourth-order valence-corrected chi connectivity index (χ4v) is 2.72. The molecular formula is C18H27FN4O. The Kier molecular flexibility index (Phi) is 6.58. The van der Waals surface area contributed by atoms with Gasteiger partial charge in [0.2, 0.25) is 5.91 Å². The molecule has 0 aliphatic carbocycles. The number of nitrogens with zero attached hydrogens (tertiary/aromatic N) is 2. The Hall–Kier alpha value is -2.11. The average Bonchev–Trinajstić information content (AvgIpc) is 3.02. The van der Waals surface area contributed by atoms with Crippen molar-refractivity contribution in [3.63, 3.8) is 0 Å². The van der Waals surface area contributed by atoms with Gasteiger partial charge in [-0.05, 0) is 31.0 Å². The van der Waals surface area contributed by atoms with Gasteiger partial charge in [-0.2, -0.15) is 0 Å². The lowest BCUT2D eigenvalue weighted by atomic mass is 10.2. The number of nitrogens with one attached hydrogen (secondary N) is 2. The number of likely N-dealkylation sites (tertiary alicyclic amines) is 1. The monoisotopic (exact) mass is 334 g/mol. The lowest BCUT2D eigenvalue weighted by Gasteiger charge is -2.20. The maximum atomic E-state index is 12.9. The number of halogens is 1. The van der Waals surface area contributed by atoms with Crippen LogP contribution in [0.1, 0.15) is 32.8 Å². The van der Waals surface area contributed by atoms with E-state index < -0.39 is 0 Å². The molecule has 0 bridgehead atoms. The number of carbonyl (C=O) groups is 1. The lowest BCUT2D eigenvalue weighted by molar-refractivity contribution is -0.133. The summed E-state index contributed by atoms with van der Waals surface area (Å²) >= 11 is 0. The molecular weight excluding hydrogens is 307 g/mol. The van der Waals surface area contributed by atoms with E-state index in [2.05, 4.69) is 15.6 Å². The van der Waals surface area contributed by atoms with E-state index in [1.807, 2.05) is 25.7 Å². The number of aliphatic imine (C=N–C) groups is 1. The first-order valence-corrected chi connectivity index (χ1v) is 8.57. The van der Waals surface area contributed by atoms with Crippen LogP contribution < -0.4 is 10.6 Å². The van der Waals surface area contributed by atoms with E-state index >= 15 is 0 Å². The maximum absolute atomic E-state index is 12.9. The Morgan fingerprint density at radius 3 is 2.71 bits per heavy atom. The fourth-order valence-electron chi connectivity index (χ4n) is 2.72. The van der Waals surface area contributed by atoms with Crippen LogP contribution in [0.4, 0.5) is 4.39 Å². The number of hydrogen-bond donors (Lipinski definition) is 2. The molecule has 1 aromatic carbocycles. The number of carbonyl (C=O) groups excluding carboxylic acids is 1. The van der Waals surface area contributed by atoms with Gasteiger partial charge < -0.3 is 15.5 Å². The Balaban J connectivity index is 1.92. The molecule has 2 N–H and O–H groups in total. The van der Waals surface area contributed by atoms with Gasteiger partial charge >= 0.3 is 0 Å². The van der Waals surface area contributed by atoms with Crippen LogP contribution >= 0.6 is 0 Å². The second-order valence-electron chi connectivity index (χ2n) is 6.39. The van der Waals surface area contributed by atoms with Crippen LogP contribution in [0, 0.1) is 11.7 Å². The highest BCUT2D eigenvalue weighted by Crippen LogP contribution is 2.13. The van der Waals surface area contributed by atoms with Crippen molar-refractivity contribution in [3.8, 4) is 0 Å². The van der Waals surface area contributed by atoms with E-state index in [9.17, 15) is 9.18 Å². The predicted molar refractivity (Wildman–Crippen MR) is 94.2 cm³/mol. The SMILES string of the molecule is CCNC(=NCc1ccc(F)cc1)NC1CCN(C(=O)C(C)C)C1. The Morgan fingerprint density at radius 1 is 1.38 bits per heavy atom. The molecule has 1 amide bonds. The molecule has 132 valence electrons. The maximum Gasteiger partial charge on any atom is 0.225 e. The van der Waals surface area contributed by atoms with E-state index in [0.717, 1.165) is 31.0 Å². The summed E-state index contributed by atoms with van der Waals surface area (Å²) in [7, 11) is 0. The van der Waals surface area contributed by atoms with Crippen molar-refractivity contribution in [3.05, 3.63) is 35.6 Å². The van der Waals surface area contributed by atoms with E-state index in [0.29, 0.717) is 13.1 Å². The van der Waals surface area contributed by atoms with E-state index in [4.69, 9.17) is 0 Å². The standard InChI is InChI=1S/C18H27FN4O/c1-4-20-18(21-11-14-5-7-15(19)8-6-14)22-16-9-10-23(12-16)17(24)13(2)3/h5-8,13,16H,4,9-12H2,1-3H3,(H2,20,21,22). The summed E-state index contributed by atoms with van der Waals surface area (Å²) < 4.78 is 12.9. The minimum atomic E-state index is -0.242. The van der Waals surface area contributed by atoms with Gasteiger partial charge in [-0.1, -0.05) is 26.0 Å². The second kappa shape index (κ2) is 8.66. The van der Waals surface area contributed by atoms with Gasteiger partial charge in [0, 0.05) is 31.6 Å². The number of rotatable bonds is 5.